The van der Waals surface area contributed by atoms with Gasteiger partial charge in [0.2, 0.25) is 0 Å². The van der Waals surface area contributed by atoms with Crippen molar-refractivity contribution in [2.45, 2.75) is 31.7 Å². The van der Waals surface area contributed by atoms with Crippen molar-refractivity contribution in [3.05, 3.63) is 17.7 Å². The number of nitrogens with zero attached hydrogens (tertiary/aromatic N) is 1. The smallest absolute Gasteiger partial charge is 0.305 e. The van der Waals surface area contributed by atoms with Gasteiger partial charge in [0.15, 0.2) is 11.5 Å². The van der Waals surface area contributed by atoms with E-state index >= 15 is 0 Å². The fraction of sp³-hybridized carbons (Fsp3) is 0.556. The van der Waals surface area contributed by atoms with Crippen LogP contribution in [0.3, 0.4) is 0 Å². The minimum atomic E-state index is -0.301. The number of nitrogen functional groups attached to an aromatic ring is 1. The van der Waals surface area contributed by atoms with Crippen molar-refractivity contribution in [1.82, 2.24) is 4.90 Å². The van der Waals surface area contributed by atoms with Crippen molar-refractivity contribution in [2.24, 2.45) is 0 Å². The van der Waals surface area contributed by atoms with Crippen LogP contribution >= 0.6 is 0 Å². The molecule has 1 fully saturated rings. The molecular weight excluding hydrogens is 340 g/mol. The molecule has 1 aliphatic rings. The van der Waals surface area contributed by atoms with Crippen LogP contribution in [0, 0.1) is 0 Å². The van der Waals surface area contributed by atoms with Crippen LogP contribution in [0.1, 0.15) is 36.0 Å². The third kappa shape index (κ3) is 4.57. The number of benzene rings is 1. The highest BCUT2D eigenvalue weighted by Crippen LogP contribution is 2.34. The van der Waals surface area contributed by atoms with E-state index in [9.17, 15) is 14.7 Å². The van der Waals surface area contributed by atoms with E-state index in [0.29, 0.717) is 30.0 Å². The van der Waals surface area contributed by atoms with Gasteiger partial charge in [-0.3, -0.25) is 9.59 Å². The summed E-state index contributed by atoms with van der Waals surface area (Å²) in [6, 6.07) is 2.93. The van der Waals surface area contributed by atoms with Gasteiger partial charge in [0.05, 0.1) is 39.0 Å². The zero-order valence-electron chi connectivity index (χ0n) is 15.2. The van der Waals surface area contributed by atoms with Crippen LogP contribution in [-0.2, 0) is 9.53 Å². The molecule has 1 amide bonds. The summed E-state index contributed by atoms with van der Waals surface area (Å²) in [5, 5.41) is 9.42. The Labute approximate surface area is 152 Å². The van der Waals surface area contributed by atoms with Crippen LogP contribution in [0.25, 0.3) is 0 Å². The van der Waals surface area contributed by atoms with Crippen LogP contribution in [0.4, 0.5) is 5.69 Å². The molecule has 0 saturated carbocycles. The molecule has 8 heteroatoms. The molecule has 0 aromatic heterocycles. The van der Waals surface area contributed by atoms with Crippen LogP contribution in [0.15, 0.2) is 12.1 Å². The first-order valence-corrected chi connectivity index (χ1v) is 8.60. The molecule has 0 radical (unpaired) electrons. The number of hydrogen-bond donors (Lipinski definition) is 2. The standard InChI is InChI=1S/C18H26N2O6/c1-24-15-9-13(18(23)20-7-3-5-12(20)11-21)14(19)10-16(15)26-8-4-6-17(22)25-2/h9-10,12,21H,3-8,11,19H2,1-2H3. The van der Waals surface area contributed by atoms with Crippen molar-refractivity contribution in [3.8, 4) is 11.5 Å². The van der Waals surface area contributed by atoms with Crippen LogP contribution in [0.5, 0.6) is 11.5 Å². The Balaban J connectivity index is 2.10. The lowest BCUT2D eigenvalue weighted by Gasteiger charge is -2.24. The lowest BCUT2D eigenvalue weighted by molar-refractivity contribution is -0.140. The van der Waals surface area contributed by atoms with Gasteiger partial charge in [-0.1, -0.05) is 0 Å². The molecule has 26 heavy (non-hydrogen) atoms. The molecule has 1 aromatic rings. The Kier molecular flexibility index (Phi) is 7.08. The first-order chi connectivity index (χ1) is 12.5. The number of rotatable bonds is 8. The Morgan fingerprint density at radius 3 is 2.73 bits per heavy atom. The first-order valence-electron chi connectivity index (χ1n) is 8.60. The van der Waals surface area contributed by atoms with Crippen molar-refractivity contribution in [2.75, 3.05) is 39.7 Å². The Morgan fingerprint density at radius 1 is 1.31 bits per heavy atom. The molecule has 1 aromatic carbocycles. The highest BCUT2D eigenvalue weighted by atomic mass is 16.5. The minimum Gasteiger partial charge on any atom is -0.493 e. The molecule has 0 aliphatic carbocycles. The fourth-order valence-electron chi connectivity index (χ4n) is 2.98. The number of ether oxygens (including phenoxy) is 3. The molecule has 1 atom stereocenters. The fourth-order valence-corrected chi connectivity index (χ4v) is 2.98. The molecule has 1 saturated heterocycles. The van der Waals surface area contributed by atoms with Gasteiger partial charge in [-0.25, -0.2) is 0 Å². The maximum atomic E-state index is 12.8. The van der Waals surface area contributed by atoms with E-state index in [0.717, 1.165) is 12.8 Å². The predicted octanol–water partition coefficient (Wildman–Crippen LogP) is 1.21. The van der Waals surface area contributed by atoms with E-state index in [2.05, 4.69) is 4.74 Å². The molecule has 0 spiro atoms. The van der Waals surface area contributed by atoms with E-state index in [1.165, 1.54) is 14.2 Å². The second kappa shape index (κ2) is 9.28. The lowest BCUT2D eigenvalue weighted by atomic mass is 10.1. The Hall–Kier alpha value is -2.48. The summed E-state index contributed by atoms with van der Waals surface area (Å²) >= 11 is 0. The number of amides is 1. The van der Waals surface area contributed by atoms with Crippen LogP contribution < -0.4 is 15.2 Å². The van der Waals surface area contributed by atoms with Gasteiger partial charge in [-0.2, -0.15) is 0 Å². The molecule has 0 bridgehead atoms. The Bertz CT molecular complexity index is 649. The summed E-state index contributed by atoms with van der Waals surface area (Å²) in [6.45, 7) is 0.818. The van der Waals surface area contributed by atoms with E-state index in [1.807, 2.05) is 0 Å². The normalized spacial score (nSPS) is 16.4. The summed E-state index contributed by atoms with van der Waals surface area (Å²) < 4.78 is 15.5. The van der Waals surface area contributed by atoms with Crippen molar-refractivity contribution >= 4 is 17.6 Å². The second-order valence-electron chi connectivity index (χ2n) is 6.10. The van der Waals surface area contributed by atoms with Gasteiger partial charge in [0.1, 0.15) is 0 Å². The van der Waals surface area contributed by atoms with E-state index in [4.69, 9.17) is 15.2 Å². The van der Waals surface area contributed by atoms with Crippen LogP contribution in [-0.4, -0.2) is 61.9 Å². The maximum absolute atomic E-state index is 12.8. The average molecular weight is 366 g/mol. The van der Waals surface area contributed by atoms with Gasteiger partial charge >= 0.3 is 5.97 Å². The lowest BCUT2D eigenvalue weighted by Crippen LogP contribution is -2.38. The van der Waals surface area contributed by atoms with Gasteiger partial charge in [0, 0.05) is 24.7 Å². The van der Waals surface area contributed by atoms with Crippen molar-refractivity contribution in [1.29, 1.82) is 0 Å². The molecule has 1 aliphatic heterocycles. The third-order valence-corrected chi connectivity index (χ3v) is 4.43. The average Bonchev–Trinajstić information content (AvgIpc) is 3.13. The molecule has 1 unspecified atom stereocenters. The SMILES string of the molecule is COC(=O)CCCOc1cc(N)c(C(=O)N2CCCC2CO)cc1OC. The molecule has 8 nitrogen and oxygen atoms in total. The van der Waals surface area contributed by atoms with E-state index in [1.54, 1.807) is 17.0 Å². The second-order valence-corrected chi connectivity index (χ2v) is 6.10. The summed E-state index contributed by atoms with van der Waals surface area (Å²) in [4.78, 5) is 25.5. The highest BCUT2D eigenvalue weighted by Gasteiger charge is 2.30. The number of methoxy groups -OCH3 is 2. The molecule has 1 heterocycles. The number of carbonyl (C=O) groups excluding carboxylic acids is 2. The molecular formula is C18H26N2O6. The molecule has 144 valence electrons. The minimum absolute atomic E-state index is 0.0653. The highest BCUT2D eigenvalue weighted by molar-refractivity contribution is 6.00. The van der Waals surface area contributed by atoms with E-state index < -0.39 is 0 Å². The number of hydrogen-bond acceptors (Lipinski definition) is 7. The quantitative estimate of drug-likeness (QED) is 0.404. The summed E-state index contributed by atoms with van der Waals surface area (Å²) in [5.74, 6) is 0.270. The summed E-state index contributed by atoms with van der Waals surface area (Å²) in [7, 11) is 2.82. The Morgan fingerprint density at radius 2 is 2.08 bits per heavy atom. The predicted molar refractivity (Wildman–Crippen MR) is 95.3 cm³/mol. The van der Waals surface area contributed by atoms with Crippen LogP contribution in [0.2, 0.25) is 0 Å². The first kappa shape index (κ1) is 19.8. The van der Waals surface area contributed by atoms with Gasteiger partial charge < -0.3 is 30.0 Å². The number of aliphatic hydroxyl groups excluding tert-OH is 1. The van der Waals surface area contributed by atoms with Gasteiger partial charge in [0.25, 0.3) is 5.91 Å². The zero-order valence-corrected chi connectivity index (χ0v) is 15.2. The number of carbonyl (C=O) groups is 2. The summed E-state index contributed by atoms with van der Waals surface area (Å²) in [6.07, 6.45) is 2.38. The molecule has 3 N–H and O–H groups in total. The number of likely N-dealkylation sites (tertiary alicyclic amines) is 1. The number of aliphatic hydroxyl groups is 1. The van der Waals surface area contributed by atoms with E-state index in [-0.39, 0.29) is 43.2 Å². The van der Waals surface area contributed by atoms with Crippen molar-refractivity contribution < 1.29 is 28.9 Å². The van der Waals surface area contributed by atoms with Gasteiger partial charge in [-0.15, -0.1) is 0 Å². The van der Waals surface area contributed by atoms with Gasteiger partial charge in [-0.05, 0) is 25.3 Å². The largest absolute Gasteiger partial charge is 0.493 e. The summed E-state index contributed by atoms with van der Waals surface area (Å²) in [5.41, 5.74) is 6.66. The topological polar surface area (TPSA) is 111 Å². The number of esters is 1. The monoisotopic (exact) mass is 366 g/mol. The third-order valence-electron chi connectivity index (χ3n) is 4.43. The molecule has 2 rings (SSSR count). The maximum Gasteiger partial charge on any atom is 0.305 e. The number of anilines is 1. The number of nitrogens with two attached hydrogens (primary N) is 1. The van der Waals surface area contributed by atoms with Crippen molar-refractivity contribution in [3.63, 3.8) is 0 Å². The zero-order chi connectivity index (χ0) is 19.1.